The molecule has 0 aromatic heterocycles. The Bertz CT molecular complexity index is 200. The van der Waals surface area contributed by atoms with Crippen molar-refractivity contribution in [3.05, 3.63) is 12.2 Å². The number of aliphatic hydroxyl groups excluding tert-OH is 1. The molecule has 5 heteroatoms. The molecule has 2 atom stereocenters. The number of allylic oxidation sites excluding steroid dienone is 2. The van der Waals surface area contributed by atoms with Crippen molar-refractivity contribution >= 4 is 5.84 Å². The van der Waals surface area contributed by atoms with Crippen molar-refractivity contribution in [1.82, 2.24) is 0 Å². The Morgan fingerprint density at radius 1 is 1.50 bits per heavy atom. The summed E-state index contributed by atoms with van der Waals surface area (Å²) in [7, 11) is 0. The van der Waals surface area contributed by atoms with E-state index in [0.29, 0.717) is 42.1 Å². The predicted molar refractivity (Wildman–Crippen MR) is 64.0 cm³/mol. The quantitative estimate of drug-likeness (QED) is 0.310. The molecule has 0 radical (unpaired) electrons. The molecule has 0 spiro atoms. The van der Waals surface area contributed by atoms with Crippen LogP contribution in [0.4, 0.5) is 0 Å². The molecule has 0 aliphatic heterocycles. The monoisotopic (exact) mass is 417 g/mol. The van der Waals surface area contributed by atoms with Gasteiger partial charge in [-0.1, -0.05) is 12.2 Å². The minimum Gasteiger partial charge on any atom is -0.0919 e. The SMILES string of the molecule is C/C(N)=N\CO[C@H](C)[C@H]([Hg])CO.C/C=C\C. The summed E-state index contributed by atoms with van der Waals surface area (Å²) < 4.78 is 5.66. The van der Waals surface area contributed by atoms with Crippen molar-refractivity contribution in [3.63, 3.8) is 0 Å². The summed E-state index contributed by atoms with van der Waals surface area (Å²) in [6.07, 6.45) is 4.10. The van der Waals surface area contributed by atoms with Gasteiger partial charge in [0, 0.05) is 0 Å². The standard InChI is InChI=1S/C7H15N2O2.C4H8.Hg/c1-6(3-4-10)11-5-9-7(2)8;1-3-4-2;/h3,6,10H,4-5H2,1-2H3,(H2,8,9);3-4H,1-2H3;/b;4-3-;/t6-;;/m1../s1. The topological polar surface area (TPSA) is 67.8 Å². The van der Waals surface area contributed by atoms with Gasteiger partial charge in [-0.15, -0.1) is 0 Å². The second kappa shape index (κ2) is 13.1. The molecule has 0 aliphatic rings. The largest absolute Gasteiger partial charge is 0.0919 e. The van der Waals surface area contributed by atoms with Crippen LogP contribution in [0.5, 0.6) is 0 Å². The van der Waals surface area contributed by atoms with E-state index in [1.54, 1.807) is 6.92 Å². The molecule has 0 unspecified atom stereocenters. The number of aliphatic imine (C=N–C) groups is 1. The van der Waals surface area contributed by atoms with Crippen molar-refractivity contribution in [1.29, 1.82) is 0 Å². The van der Waals surface area contributed by atoms with E-state index in [1.165, 1.54) is 0 Å². The molecule has 0 aliphatic carbocycles. The molecule has 0 bridgehead atoms. The molecule has 0 fully saturated rings. The van der Waals surface area contributed by atoms with Gasteiger partial charge in [-0.2, -0.15) is 0 Å². The van der Waals surface area contributed by atoms with E-state index in [1.807, 2.05) is 32.9 Å². The number of amidine groups is 1. The van der Waals surface area contributed by atoms with E-state index < -0.39 is 0 Å². The van der Waals surface area contributed by atoms with E-state index in [4.69, 9.17) is 15.6 Å². The van der Waals surface area contributed by atoms with E-state index in [2.05, 4.69) is 4.99 Å². The molecule has 91 valence electrons. The third-order valence-corrected chi connectivity index (χ3v) is 5.47. The summed E-state index contributed by atoms with van der Waals surface area (Å²) in [5.41, 5.74) is 5.32. The molecule has 0 aromatic carbocycles. The Kier molecular flexibility index (Phi) is 15.1. The Balaban J connectivity index is 0. The van der Waals surface area contributed by atoms with Crippen molar-refractivity contribution in [3.8, 4) is 0 Å². The van der Waals surface area contributed by atoms with Crippen LogP contribution in [0.15, 0.2) is 17.1 Å². The molecule has 4 nitrogen and oxygen atoms in total. The zero-order valence-electron chi connectivity index (χ0n) is 10.8. The first kappa shape index (κ1) is 18.4. The molecule has 0 amide bonds. The smallest absolute Gasteiger partial charge is 0.0470 e. The third-order valence-electron chi connectivity index (χ3n) is 1.88. The summed E-state index contributed by atoms with van der Waals surface area (Å²) in [5, 5.41) is 8.82. The van der Waals surface area contributed by atoms with Gasteiger partial charge in [0.1, 0.15) is 0 Å². The fraction of sp³-hybridized carbons (Fsp3) is 0.727. The maximum absolute atomic E-state index is 8.82. The second-order valence-corrected chi connectivity index (χ2v) is 7.49. The van der Waals surface area contributed by atoms with E-state index >= 15 is 0 Å². The van der Waals surface area contributed by atoms with Crippen molar-refractivity contribution < 1.29 is 36.0 Å². The maximum Gasteiger partial charge on any atom is -0.0470 e. The Labute approximate surface area is 115 Å². The molecule has 3 N–H and O–H groups in total. The van der Waals surface area contributed by atoms with Crippen molar-refractivity contribution in [2.24, 2.45) is 10.7 Å². The summed E-state index contributed by atoms with van der Waals surface area (Å²) in [6, 6.07) is 0. The number of aliphatic hydroxyl groups is 1. The normalized spacial score (nSPS) is 15.6. The molecule has 0 rings (SSSR count). The molecular weight excluding hydrogens is 393 g/mol. The van der Waals surface area contributed by atoms with Gasteiger partial charge in [-0.05, 0) is 13.8 Å². The van der Waals surface area contributed by atoms with Gasteiger partial charge in [0.15, 0.2) is 0 Å². The molecule has 0 aromatic rings. The Morgan fingerprint density at radius 2 is 2.00 bits per heavy atom. The fourth-order valence-electron chi connectivity index (χ4n) is 0.541. The summed E-state index contributed by atoms with van der Waals surface area (Å²) in [5.74, 6) is 0.529. The number of nitrogens with two attached hydrogens (primary N) is 1. The average Bonchev–Trinajstić information content (AvgIpc) is 2.27. The van der Waals surface area contributed by atoms with Crippen LogP contribution in [0.2, 0.25) is 3.43 Å². The number of rotatable bonds is 5. The number of hydrogen-bond acceptors (Lipinski definition) is 3. The van der Waals surface area contributed by atoms with Crippen LogP contribution in [-0.2, 0) is 30.9 Å². The molecule has 0 saturated heterocycles. The van der Waals surface area contributed by atoms with Crippen molar-refractivity contribution in [2.75, 3.05) is 13.3 Å². The van der Waals surface area contributed by atoms with Gasteiger partial charge in [0.2, 0.25) is 0 Å². The van der Waals surface area contributed by atoms with Gasteiger partial charge in [0.05, 0.1) is 0 Å². The van der Waals surface area contributed by atoms with Crippen LogP contribution in [0, 0.1) is 0 Å². The number of hydrogen-bond donors (Lipinski definition) is 2. The van der Waals surface area contributed by atoms with E-state index in [0.717, 1.165) is 0 Å². The van der Waals surface area contributed by atoms with Crippen LogP contribution in [0.1, 0.15) is 27.7 Å². The molecule has 16 heavy (non-hydrogen) atoms. The first-order chi connectivity index (χ1) is 7.49. The second-order valence-electron chi connectivity index (χ2n) is 3.41. The molecule has 0 saturated carbocycles. The zero-order valence-corrected chi connectivity index (χ0v) is 16.3. The van der Waals surface area contributed by atoms with Gasteiger partial charge < -0.3 is 0 Å². The predicted octanol–water partition coefficient (Wildman–Crippen LogP) is 1.64. The molecular formula is C11H23HgN2O2. The number of nitrogens with zero attached hydrogens (tertiary/aromatic N) is 1. The fourth-order valence-corrected chi connectivity index (χ4v) is 1.07. The summed E-state index contributed by atoms with van der Waals surface area (Å²) in [6.45, 7) is 8.20. The molecule has 0 heterocycles. The van der Waals surface area contributed by atoms with Crippen LogP contribution in [0.3, 0.4) is 0 Å². The maximum atomic E-state index is 8.82. The van der Waals surface area contributed by atoms with Crippen LogP contribution >= 0.6 is 0 Å². The van der Waals surface area contributed by atoms with Gasteiger partial charge in [0.25, 0.3) is 0 Å². The van der Waals surface area contributed by atoms with Gasteiger partial charge in [-0.25, -0.2) is 0 Å². The Morgan fingerprint density at radius 3 is 2.31 bits per heavy atom. The van der Waals surface area contributed by atoms with Gasteiger partial charge in [-0.3, -0.25) is 0 Å². The van der Waals surface area contributed by atoms with Crippen LogP contribution < -0.4 is 5.73 Å². The van der Waals surface area contributed by atoms with Crippen LogP contribution in [0.25, 0.3) is 0 Å². The zero-order chi connectivity index (χ0) is 13.0. The first-order valence-corrected chi connectivity index (χ1v) is 8.56. The third kappa shape index (κ3) is 14.1. The number of ether oxygens (including phenoxy) is 1. The van der Waals surface area contributed by atoms with Gasteiger partial charge >= 0.3 is 89.2 Å². The minimum atomic E-state index is 0.0985. The first-order valence-electron chi connectivity index (χ1n) is 5.38. The van der Waals surface area contributed by atoms with E-state index in [-0.39, 0.29) is 12.7 Å². The van der Waals surface area contributed by atoms with Crippen molar-refractivity contribution in [2.45, 2.75) is 37.2 Å². The average molecular weight is 416 g/mol. The van der Waals surface area contributed by atoms with Crippen LogP contribution in [-0.4, -0.2) is 30.4 Å². The van der Waals surface area contributed by atoms with E-state index in [9.17, 15) is 0 Å². The minimum absolute atomic E-state index is 0.0985. The Hall–Kier alpha value is 0.0651. The summed E-state index contributed by atoms with van der Waals surface area (Å²) >= 11 is 0.537. The summed E-state index contributed by atoms with van der Waals surface area (Å²) in [4.78, 5) is 3.89.